The summed E-state index contributed by atoms with van der Waals surface area (Å²) in [5, 5.41) is 0. The number of terminal acetylenes is 1. The van der Waals surface area contributed by atoms with E-state index in [1.54, 1.807) is 0 Å². The van der Waals surface area contributed by atoms with Gasteiger partial charge in [0, 0.05) is 0 Å². The smallest absolute Gasteiger partial charge is 0.00190 e. The van der Waals surface area contributed by atoms with Gasteiger partial charge in [0.05, 0.1) is 0 Å². The second-order valence-electron chi connectivity index (χ2n) is 3.44. The fourth-order valence-electron chi connectivity index (χ4n) is 1.48. The summed E-state index contributed by atoms with van der Waals surface area (Å²) in [4.78, 5) is 2.51. The molecule has 0 radical (unpaired) electrons. The Morgan fingerprint density at radius 2 is 1.29 bits per heavy atom. The maximum Gasteiger partial charge on any atom is -0.00190 e. The lowest BCUT2D eigenvalue weighted by molar-refractivity contribution is 0.295. The van der Waals surface area contributed by atoms with Crippen molar-refractivity contribution in [3.05, 3.63) is 0 Å². The highest BCUT2D eigenvalue weighted by molar-refractivity contribution is 4.52. The SMILES string of the molecule is C#C.CCCCCCCN(CC)CC. The summed E-state index contributed by atoms with van der Waals surface area (Å²) >= 11 is 0. The maximum absolute atomic E-state index is 4.00. The van der Waals surface area contributed by atoms with Gasteiger partial charge in [-0.25, -0.2) is 0 Å². The maximum atomic E-state index is 4.00. The largest absolute Gasteiger partial charge is 0.304 e. The fourth-order valence-corrected chi connectivity index (χ4v) is 1.48. The van der Waals surface area contributed by atoms with Crippen LogP contribution in [0.25, 0.3) is 0 Å². The van der Waals surface area contributed by atoms with E-state index in [-0.39, 0.29) is 0 Å². The Morgan fingerprint density at radius 1 is 0.786 bits per heavy atom. The topological polar surface area (TPSA) is 3.24 Å². The molecule has 0 saturated heterocycles. The summed E-state index contributed by atoms with van der Waals surface area (Å²) in [5.41, 5.74) is 0. The molecule has 0 aromatic rings. The molecule has 0 heterocycles. The van der Waals surface area contributed by atoms with E-state index in [4.69, 9.17) is 0 Å². The van der Waals surface area contributed by atoms with E-state index >= 15 is 0 Å². The Hall–Kier alpha value is -0.480. The average molecular weight is 197 g/mol. The van der Waals surface area contributed by atoms with Gasteiger partial charge in [0.15, 0.2) is 0 Å². The number of hydrogen-bond acceptors (Lipinski definition) is 1. The van der Waals surface area contributed by atoms with Gasteiger partial charge in [0.2, 0.25) is 0 Å². The van der Waals surface area contributed by atoms with Crippen molar-refractivity contribution in [1.29, 1.82) is 0 Å². The van der Waals surface area contributed by atoms with Crippen LogP contribution in [-0.2, 0) is 0 Å². The average Bonchev–Trinajstić information content (AvgIpc) is 2.26. The van der Waals surface area contributed by atoms with Gasteiger partial charge in [-0.1, -0.05) is 46.5 Å². The van der Waals surface area contributed by atoms with Crippen molar-refractivity contribution in [2.24, 2.45) is 0 Å². The number of unbranched alkanes of at least 4 members (excludes halogenated alkanes) is 4. The van der Waals surface area contributed by atoms with E-state index < -0.39 is 0 Å². The van der Waals surface area contributed by atoms with Crippen LogP contribution in [0.15, 0.2) is 0 Å². The standard InChI is InChI=1S/C11H25N.C2H2/c1-4-7-8-9-10-11-12(5-2)6-3;1-2/h4-11H2,1-3H3;1-2H. The van der Waals surface area contributed by atoms with E-state index in [2.05, 4.69) is 38.5 Å². The number of rotatable bonds is 8. The van der Waals surface area contributed by atoms with Gasteiger partial charge in [0.1, 0.15) is 0 Å². The van der Waals surface area contributed by atoms with E-state index in [1.165, 1.54) is 51.7 Å². The fraction of sp³-hybridized carbons (Fsp3) is 0.846. The van der Waals surface area contributed by atoms with Crippen LogP contribution in [0.4, 0.5) is 0 Å². The zero-order valence-corrected chi connectivity index (χ0v) is 10.3. The molecule has 0 unspecified atom stereocenters. The van der Waals surface area contributed by atoms with Crippen LogP contribution < -0.4 is 0 Å². The van der Waals surface area contributed by atoms with Crippen LogP contribution in [0, 0.1) is 12.8 Å². The lowest BCUT2D eigenvalue weighted by Crippen LogP contribution is -2.23. The van der Waals surface area contributed by atoms with Crippen molar-refractivity contribution >= 4 is 0 Å². The van der Waals surface area contributed by atoms with Gasteiger partial charge in [0.25, 0.3) is 0 Å². The van der Waals surface area contributed by atoms with E-state index in [0.717, 1.165) is 0 Å². The first-order valence-corrected chi connectivity index (χ1v) is 5.90. The quantitative estimate of drug-likeness (QED) is 0.425. The highest BCUT2D eigenvalue weighted by Crippen LogP contribution is 2.03. The summed E-state index contributed by atoms with van der Waals surface area (Å²) in [6.45, 7) is 10.5. The Labute approximate surface area is 90.9 Å². The molecule has 0 aromatic carbocycles. The van der Waals surface area contributed by atoms with Gasteiger partial charge >= 0.3 is 0 Å². The van der Waals surface area contributed by atoms with Gasteiger partial charge in [-0.15, -0.1) is 12.8 Å². The molecule has 1 nitrogen and oxygen atoms in total. The predicted molar refractivity (Wildman–Crippen MR) is 66.4 cm³/mol. The Balaban J connectivity index is 0. The summed E-state index contributed by atoms with van der Waals surface area (Å²) < 4.78 is 0. The highest BCUT2D eigenvalue weighted by atomic mass is 15.1. The Kier molecular flexibility index (Phi) is 17.1. The molecule has 0 fully saturated rings. The summed E-state index contributed by atoms with van der Waals surface area (Å²) in [5.74, 6) is 0. The van der Waals surface area contributed by atoms with Crippen molar-refractivity contribution in [1.82, 2.24) is 4.90 Å². The van der Waals surface area contributed by atoms with Crippen molar-refractivity contribution in [2.45, 2.75) is 52.9 Å². The second kappa shape index (κ2) is 15.0. The molecule has 0 amide bonds. The molecular formula is C13H27N. The number of nitrogens with zero attached hydrogens (tertiary/aromatic N) is 1. The third-order valence-corrected chi connectivity index (χ3v) is 2.47. The third-order valence-electron chi connectivity index (χ3n) is 2.47. The van der Waals surface area contributed by atoms with E-state index in [1.807, 2.05) is 0 Å². The summed E-state index contributed by atoms with van der Waals surface area (Å²) in [7, 11) is 0. The lowest BCUT2D eigenvalue weighted by Gasteiger charge is -2.17. The molecule has 0 saturated carbocycles. The lowest BCUT2D eigenvalue weighted by atomic mass is 10.1. The van der Waals surface area contributed by atoms with Gasteiger partial charge in [-0.05, 0) is 26.1 Å². The van der Waals surface area contributed by atoms with E-state index in [9.17, 15) is 0 Å². The van der Waals surface area contributed by atoms with Crippen molar-refractivity contribution < 1.29 is 0 Å². The zero-order chi connectivity index (χ0) is 11.2. The number of hydrogen-bond donors (Lipinski definition) is 0. The molecule has 0 N–H and O–H groups in total. The van der Waals surface area contributed by atoms with Crippen molar-refractivity contribution in [2.75, 3.05) is 19.6 Å². The first kappa shape index (κ1) is 16.0. The predicted octanol–water partition coefficient (Wildman–Crippen LogP) is 3.55. The molecule has 0 atom stereocenters. The minimum Gasteiger partial charge on any atom is -0.304 e. The minimum atomic E-state index is 1.21. The third kappa shape index (κ3) is 11.5. The van der Waals surface area contributed by atoms with Crippen LogP contribution in [-0.4, -0.2) is 24.5 Å². The van der Waals surface area contributed by atoms with Gasteiger partial charge in [-0.2, -0.15) is 0 Å². The molecule has 0 rings (SSSR count). The molecule has 0 aromatic heterocycles. The van der Waals surface area contributed by atoms with Gasteiger partial charge < -0.3 is 4.90 Å². The normalized spacial score (nSPS) is 9.57. The van der Waals surface area contributed by atoms with Crippen LogP contribution in [0.2, 0.25) is 0 Å². The second-order valence-corrected chi connectivity index (χ2v) is 3.44. The Bertz CT molecular complexity index is 103. The minimum absolute atomic E-state index is 1.21. The first-order valence-electron chi connectivity index (χ1n) is 5.90. The monoisotopic (exact) mass is 197 g/mol. The molecule has 0 aliphatic heterocycles. The van der Waals surface area contributed by atoms with Crippen LogP contribution in [0.1, 0.15) is 52.9 Å². The van der Waals surface area contributed by atoms with Gasteiger partial charge in [-0.3, -0.25) is 0 Å². The molecule has 0 bridgehead atoms. The van der Waals surface area contributed by atoms with E-state index in [0.29, 0.717) is 0 Å². The molecule has 14 heavy (non-hydrogen) atoms. The highest BCUT2D eigenvalue weighted by Gasteiger charge is 1.96. The molecule has 0 aliphatic carbocycles. The zero-order valence-electron chi connectivity index (χ0n) is 10.3. The van der Waals surface area contributed by atoms with Crippen molar-refractivity contribution in [3.63, 3.8) is 0 Å². The molecular weight excluding hydrogens is 170 g/mol. The summed E-state index contributed by atoms with van der Waals surface area (Å²) in [6.07, 6.45) is 15.0. The molecule has 84 valence electrons. The van der Waals surface area contributed by atoms with Crippen molar-refractivity contribution in [3.8, 4) is 12.8 Å². The van der Waals surface area contributed by atoms with Crippen LogP contribution >= 0.6 is 0 Å². The molecule has 0 spiro atoms. The van der Waals surface area contributed by atoms with Crippen LogP contribution in [0.3, 0.4) is 0 Å². The summed E-state index contributed by atoms with van der Waals surface area (Å²) in [6, 6.07) is 0. The Morgan fingerprint density at radius 3 is 1.71 bits per heavy atom. The molecule has 0 aliphatic rings. The van der Waals surface area contributed by atoms with Crippen LogP contribution in [0.5, 0.6) is 0 Å². The molecule has 1 heteroatoms. The first-order chi connectivity index (χ1) is 6.85.